The number of unbranched alkanes of at least 4 members (excludes halogenated alkanes) is 2. The summed E-state index contributed by atoms with van der Waals surface area (Å²) in [5.74, 6) is 8.01. The number of benzene rings is 6. The smallest absolute Gasteiger partial charge is 0.162 e. The van der Waals surface area contributed by atoms with Crippen molar-refractivity contribution in [3.05, 3.63) is 179 Å². The second-order valence-corrected chi connectivity index (χ2v) is 32.8. The van der Waals surface area contributed by atoms with Crippen molar-refractivity contribution in [2.45, 2.75) is 350 Å². The number of carbonyl (C=O) groups is 1. The number of ether oxygens (including phenoxy) is 7. The SMILES string of the molecule is C.CCCC(=O)c1cccc(OCC(CCC)CCC)c1.CCCC(CCC)COc1cccc(C(O)CCC)c1.CCCC(O)c1cccc(OCC2(O)CCCCC2)c1.CCCC(O)c1cccc(OCC2CCCC2)c1.CCCC(O)c1cccc(OCCCCOC)c1.CCCCC(O)c1cccc(OCC2CCCCC2)c1. The van der Waals surface area contributed by atoms with Crippen molar-refractivity contribution in [2.75, 3.05) is 53.4 Å². The second-order valence-electron chi connectivity index (χ2n) is 32.8. The quantitative estimate of drug-likeness (QED) is 0.0156. The molecule has 0 amide bonds. The van der Waals surface area contributed by atoms with Gasteiger partial charge in [-0.2, -0.15) is 0 Å². The molecule has 6 N–H and O–H groups in total. The Kier molecular flexibility index (Phi) is 58.4. The topological polar surface area (TPSA) is 203 Å². The van der Waals surface area contributed by atoms with Gasteiger partial charge in [0, 0.05) is 25.7 Å². The second kappa shape index (κ2) is 65.3. The minimum Gasteiger partial charge on any atom is -0.494 e. The predicted molar refractivity (Wildman–Crippen MR) is 486 cm³/mol. The highest BCUT2D eigenvalue weighted by molar-refractivity contribution is 5.96. The first kappa shape index (κ1) is 105. The van der Waals surface area contributed by atoms with E-state index in [0.717, 1.165) is 228 Å². The van der Waals surface area contributed by atoms with Crippen LogP contribution in [0.25, 0.3) is 0 Å². The number of Topliss-reactive ketones (excluding diaryl/α,β-unsaturated/α-hetero) is 1. The van der Waals surface area contributed by atoms with Crippen LogP contribution < -0.4 is 28.4 Å². The van der Waals surface area contributed by atoms with Crippen LogP contribution in [-0.4, -0.2) is 95.4 Å². The Hall–Kier alpha value is -6.49. The lowest BCUT2D eigenvalue weighted by molar-refractivity contribution is -0.0339. The Balaban J connectivity index is 0.000000363. The molecule has 14 heteroatoms. The molecule has 117 heavy (non-hydrogen) atoms. The van der Waals surface area contributed by atoms with Crippen LogP contribution in [0.1, 0.15) is 383 Å². The predicted octanol–water partition coefficient (Wildman–Crippen LogP) is 26.9. The van der Waals surface area contributed by atoms with Crippen LogP contribution in [0.4, 0.5) is 0 Å². The lowest BCUT2D eigenvalue weighted by Crippen LogP contribution is -2.37. The average molecular weight is 1630 g/mol. The molecule has 5 unspecified atom stereocenters. The normalized spacial score (nSPS) is 15.1. The van der Waals surface area contributed by atoms with Crippen molar-refractivity contribution in [3.8, 4) is 34.5 Å². The largest absolute Gasteiger partial charge is 0.494 e. The summed E-state index contributed by atoms with van der Waals surface area (Å²) in [4.78, 5) is 11.9. The maximum absolute atomic E-state index is 11.9. The molecule has 0 radical (unpaired) electrons. The molecular formula is C103H164O14. The van der Waals surface area contributed by atoms with E-state index in [4.69, 9.17) is 33.2 Å². The molecule has 14 nitrogen and oxygen atoms in total. The minimum atomic E-state index is -0.670. The molecule has 6 aromatic carbocycles. The van der Waals surface area contributed by atoms with Gasteiger partial charge in [0.05, 0.1) is 69.2 Å². The van der Waals surface area contributed by atoms with Crippen molar-refractivity contribution in [1.82, 2.24) is 0 Å². The van der Waals surface area contributed by atoms with Gasteiger partial charge < -0.3 is 63.8 Å². The van der Waals surface area contributed by atoms with E-state index in [0.29, 0.717) is 31.5 Å². The number of methoxy groups -OCH3 is 1. The van der Waals surface area contributed by atoms with Gasteiger partial charge in [0.2, 0.25) is 0 Å². The fourth-order valence-electron chi connectivity index (χ4n) is 15.3. The third kappa shape index (κ3) is 45.7. The highest BCUT2D eigenvalue weighted by atomic mass is 16.5. The minimum absolute atomic E-state index is 0. The Bertz CT molecular complexity index is 3360. The molecule has 5 atom stereocenters. The van der Waals surface area contributed by atoms with Crippen LogP contribution in [0.3, 0.4) is 0 Å². The third-order valence-electron chi connectivity index (χ3n) is 22.2. The summed E-state index contributed by atoms with van der Waals surface area (Å²) >= 11 is 0. The number of carbonyl (C=O) groups excluding carboxylic acids is 1. The number of rotatable bonds is 48. The fraction of sp³-hybridized carbons (Fsp3) is 0.641. The van der Waals surface area contributed by atoms with Gasteiger partial charge in [-0.1, -0.05) is 265 Å². The Morgan fingerprint density at radius 2 is 0.684 bits per heavy atom. The lowest BCUT2D eigenvalue weighted by atomic mass is 9.85. The van der Waals surface area contributed by atoms with E-state index < -0.39 is 11.7 Å². The summed E-state index contributed by atoms with van der Waals surface area (Å²) in [6.45, 7) is 26.4. The monoisotopic (exact) mass is 1630 g/mol. The molecule has 0 bridgehead atoms. The molecular weight excluding hydrogens is 1460 g/mol. The average Bonchev–Trinajstić information content (AvgIpc) is 1.40. The van der Waals surface area contributed by atoms with Crippen LogP contribution >= 0.6 is 0 Å². The summed E-state index contributed by atoms with van der Waals surface area (Å²) < 4.78 is 40.0. The van der Waals surface area contributed by atoms with Gasteiger partial charge in [0.15, 0.2) is 5.78 Å². The highest BCUT2D eigenvalue weighted by Gasteiger charge is 2.30. The van der Waals surface area contributed by atoms with Gasteiger partial charge in [-0.05, 0) is 240 Å². The molecule has 3 aliphatic rings. The number of hydrogen-bond donors (Lipinski definition) is 6. The van der Waals surface area contributed by atoms with Crippen LogP contribution in [-0.2, 0) is 4.74 Å². The number of aliphatic hydroxyl groups is 6. The molecule has 0 aromatic heterocycles. The van der Waals surface area contributed by atoms with E-state index in [1.807, 2.05) is 153 Å². The lowest BCUT2D eigenvalue weighted by Gasteiger charge is -2.31. The van der Waals surface area contributed by atoms with Crippen molar-refractivity contribution in [2.24, 2.45) is 23.7 Å². The van der Waals surface area contributed by atoms with E-state index in [1.165, 1.54) is 116 Å². The summed E-state index contributed by atoms with van der Waals surface area (Å²) in [6.07, 6.45) is 38.4. The zero-order chi connectivity index (χ0) is 84.2. The van der Waals surface area contributed by atoms with Gasteiger partial charge in [-0.3, -0.25) is 4.79 Å². The van der Waals surface area contributed by atoms with Crippen LogP contribution in [0.2, 0.25) is 0 Å². The van der Waals surface area contributed by atoms with Crippen molar-refractivity contribution < 1.29 is 68.6 Å². The molecule has 6 aromatic rings. The maximum Gasteiger partial charge on any atom is 0.162 e. The number of hydrogen-bond acceptors (Lipinski definition) is 14. The van der Waals surface area contributed by atoms with Crippen LogP contribution in [0.5, 0.6) is 34.5 Å². The van der Waals surface area contributed by atoms with Crippen molar-refractivity contribution >= 4 is 5.78 Å². The Morgan fingerprint density at radius 1 is 0.359 bits per heavy atom. The molecule has 0 spiro atoms. The molecule has 0 aliphatic heterocycles. The molecule has 3 fully saturated rings. The molecule has 0 saturated heterocycles. The first-order valence-electron chi connectivity index (χ1n) is 45.9. The van der Waals surface area contributed by atoms with Gasteiger partial charge >= 0.3 is 0 Å². The van der Waals surface area contributed by atoms with Gasteiger partial charge in [-0.15, -0.1) is 0 Å². The summed E-state index contributed by atoms with van der Waals surface area (Å²) in [5.41, 5.74) is 4.85. The molecule has 3 saturated carbocycles. The number of ketones is 1. The first-order valence-corrected chi connectivity index (χ1v) is 45.9. The van der Waals surface area contributed by atoms with Gasteiger partial charge in [0.1, 0.15) is 41.1 Å². The zero-order valence-electron chi connectivity index (χ0n) is 74.1. The zero-order valence-corrected chi connectivity index (χ0v) is 74.1. The summed E-state index contributed by atoms with van der Waals surface area (Å²) in [6, 6.07) is 46.7. The first-order chi connectivity index (χ1) is 56.4. The molecule has 660 valence electrons. The van der Waals surface area contributed by atoms with E-state index in [9.17, 15) is 35.4 Å². The van der Waals surface area contributed by atoms with Gasteiger partial charge in [-0.25, -0.2) is 0 Å². The molecule has 9 rings (SSSR count). The highest BCUT2D eigenvalue weighted by Crippen LogP contribution is 2.34. The Labute approximate surface area is 711 Å². The molecule has 3 aliphatic carbocycles. The summed E-state index contributed by atoms with van der Waals surface area (Å²) in [7, 11) is 1.71. The van der Waals surface area contributed by atoms with Crippen molar-refractivity contribution in [1.29, 1.82) is 0 Å². The molecule has 0 heterocycles. The number of aliphatic hydroxyl groups excluding tert-OH is 5. The third-order valence-corrected chi connectivity index (χ3v) is 22.2. The van der Waals surface area contributed by atoms with Gasteiger partial charge in [0.25, 0.3) is 0 Å². The standard InChI is InChI=1S/C18H28O2.C18H30O2.C18H28O2.C17H26O3.C16H24O2.C15H24O3.CH4/c1-2-3-12-18(19)16-10-7-11-17(13-16)20-14-15-8-5-4-6-9-15;2*1-4-8-15(9-5-2)14-20-17-12-7-11-16(13-17)18(19)10-6-3;1-2-7-16(18)14-8-6-9-15(12-14)20-13-17(19)10-4-3-5-11-17;1-2-6-16(17)14-9-5-10-15(11-14)18-12-13-7-3-4-8-13;1-3-7-15(16)13-8-6-9-14(12-13)18-11-5-4-10-17-2;/h7,10-11,13,15,18-19H,2-6,8-9,12,14H2,1H3;7,11-13,15,18-19H,4-6,8-10,14H2,1-3H3;7,11-13,15H,4-6,8-10,14H2,1-3H3;6,8-9,12,16,18-19H,2-5,7,10-11,13H2,1H3;5,9-11,13,16-17H,2-4,6-8,12H2,1H3;6,8-9,12,15-16H,3-5,7,10-11H2,1-2H3;1H4. The van der Waals surface area contributed by atoms with E-state index in [1.54, 1.807) is 7.11 Å². The van der Waals surface area contributed by atoms with Crippen LogP contribution in [0.15, 0.2) is 146 Å². The van der Waals surface area contributed by atoms with E-state index >= 15 is 0 Å². The Morgan fingerprint density at radius 3 is 1.05 bits per heavy atom. The van der Waals surface area contributed by atoms with E-state index in [2.05, 4.69) is 62.3 Å². The van der Waals surface area contributed by atoms with Crippen molar-refractivity contribution in [3.63, 3.8) is 0 Å². The van der Waals surface area contributed by atoms with Crippen LogP contribution in [0, 0.1) is 23.7 Å². The summed E-state index contributed by atoms with van der Waals surface area (Å²) in [5, 5.41) is 60.5. The fourth-order valence-corrected chi connectivity index (χ4v) is 15.3. The maximum atomic E-state index is 11.9. The van der Waals surface area contributed by atoms with E-state index in [-0.39, 0.29) is 37.6 Å².